The van der Waals surface area contributed by atoms with E-state index in [4.69, 9.17) is 17.3 Å². The largest absolute Gasteiger partial charge is 0.398 e. The molecule has 1 aromatic carbocycles. The van der Waals surface area contributed by atoms with E-state index in [0.29, 0.717) is 6.07 Å². The zero-order valence-electron chi connectivity index (χ0n) is 8.33. The van der Waals surface area contributed by atoms with E-state index in [1.165, 1.54) is 0 Å². The molecule has 6 heteroatoms. The van der Waals surface area contributed by atoms with Crippen molar-refractivity contribution in [2.75, 3.05) is 11.6 Å². The van der Waals surface area contributed by atoms with Crippen LogP contribution in [0, 0.1) is 11.6 Å². The fourth-order valence-electron chi connectivity index (χ4n) is 1.38. The van der Waals surface area contributed by atoms with Gasteiger partial charge in [-0.05, 0) is 12.5 Å². The molecule has 90 valence electrons. The van der Waals surface area contributed by atoms with Crippen LogP contribution in [0.5, 0.6) is 0 Å². The van der Waals surface area contributed by atoms with Crippen LogP contribution in [-0.2, 0) is 0 Å². The lowest BCUT2D eigenvalue weighted by Crippen LogP contribution is -2.21. The van der Waals surface area contributed by atoms with E-state index in [9.17, 15) is 19.0 Å². The molecule has 0 radical (unpaired) electrons. The number of hydrogen-bond acceptors (Lipinski definition) is 3. The summed E-state index contributed by atoms with van der Waals surface area (Å²) in [5.74, 6) is -1.71. The van der Waals surface area contributed by atoms with Crippen molar-refractivity contribution in [3.63, 3.8) is 0 Å². The van der Waals surface area contributed by atoms with Gasteiger partial charge in [-0.25, -0.2) is 8.78 Å². The Labute approximate surface area is 96.5 Å². The van der Waals surface area contributed by atoms with Gasteiger partial charge in [0.2, 0.25) is 0 Å². The lowest BCUT2D eigenvalue weighted by Gasteiger charge is -2.19. The number of nitrogens with two attached hydrogens (primary N) is 1. The number of benzene rings is 1. The van der Waals surface area contributed by atoms with E-state index < -0.39 is 23.8 Å². The van der Waals surface area contributed by atoms with Crippen LogP contribution in [0.15, 0.2) is 12.1 Å². The van der Waals surface area contributed by atoms with Crippen molar-refractivity contribution in [3.05, 3.63) is 29.3 Å². The Bertz CT molecular complexity index is 353. The minimum atomic E-state index is -1.51. The lowest BCUT2D eigenvalue weighted by molar-refractivity contribution is 0.0153. The number of halogens is 3. The van der Waals surface area contributed by atoms with Crippen molar-refractivity contribution in [1.82, 2.24) is 0 Å². The number of aliphatic hydroxyl groups is 2. The molecule has 3 nitrogen and oxygen atoms in total. The minimum absolute atomic E-state index is 0.0823. The summed E-state index contributed by atoms with van der Waals surface area (Å²) in [6, 6.07) is 1.48. The third kappa shape index (κ3) is 2.81. The number of alkyl halides is 1. The number of anilines is 1. The predicted molar refractivity (Wildman–Crippen MR) is 57.1 cm³/mol. The van der Waals surface area contributed by atoms with Crippen LogP contribution < -0.4 is 5.73 Å². The molecule has 0 aliphatic rings. The summed E-state index contributed by atoms with van der Waals surface area (Å²) >= 11 is 5.38. The van der Waals surface area contributed by atoms with Gasteiger partial charge < -0.3 is 15.9 Å². The van der Waals surface area contributed by atoms with Gasteiger partial charge in [0.25, 0.3) is 0 Å². The molecule has 0 fully saturated rings. The standard InChI is InChI=1S/C10H12ClF2NO2/c11-2-1-8(15)10(16)9-6(13)3-5(12)4-7(9)14/h3-4,8,10,15-16H,1-2,14H2. The van der Waals surface area contributed by atoms with Crippen molar-refractivity contribution in [3.8, 4) is 0 Å². The van der Waals surface area contributed by atoms with Crippen LogP contribution in [0.2, 0.25) is 0 Å². The van der Waals surface area contributed by atoms with Crippen molar-refractivity contribution in [2.45, 2.75) is 18.6 Å². The molecule has 0 saturated heterocycles. The van der Waals surface area contributed by atoms with Crippen LogP contribution in [0.3, 0.4) is 0 Å². The van der Waals surface area contributed by atoms with E-state index in [-0.39, 0.29) is 23.6 Å². The molecule has 0 aromatic heterocycles. The fourth-order valence-corrected chi connectivity index (χ4v) is 1.60. The van der Waals surface area contributed by atoms with Gasteiger partial charge in [0, 0.05) is 23.2 Å². The minimum Gasteiger partial charge on any atom is -0.398 e. The third-order valence-corrected chi connectivity index (χ3v) is 2.41. The van der Waals surface area contributed by atoms with E-state index in [0.717, 1.165) is 6.07 Å². The summed E-state index contributed by atoms with van der Waals surface area (Å²) in [6.45, 7) is 0. The van der Waals surface area contributed by atoms with Crippen LogP contribution >= 0.6 is 11.6 Å². The zero-order valence-corrected chi connectivity index (χ0v) is 9.09. The Hall–Kier alpha value is -0.910. The van der Waals surface area contributed by atoms with Crippen molar-refractivity contribution < 1.29 is 19.0 Å². The van der Waals surface area contributed by atoms with Gasteiger partial charge in [-0.15, -0.1) is 11.6 Å². The molecule has 0 aliphatic heterocycles. The van der Waals surface area contributed by atoms with Gasteiger partial charge in [0.1, 0.15) is 17.7 Å². The van der Waals surface area contributed by atoms with Crippen LogP contribution in [0.4, 0.5) is 14.5 Å². The van der Waals surface area contributed by atoms with Gasteiger partial charge >= 0.3 is 0 Å². The van der Waals surface area contributed by atoms with E-state index >= 15 is 0 Å². The maximum absolute atomic E-state index is 13.3. The molecule has 1 rings (SSSR count). The molecular formula is C10H12ClF2NO2. The van der Waals surface area contributed by atoms with Gasteiger partial charge in [0.15, 0.2) is 0 Å². The third-order valence-electron chi connectivity index (χ3n) is 2.19. The molecule has 0 amide bonds. The summed E-state index contributed by atoms with van der Waals surface area (Å²) in [4.78, 5) is 0. The first kappa shape index (κ1) is 13.2. The summed E-state index contributed by atoms with van der Waals surface area (Å²) < 4.78 is 26.1. The van der Waals surface area contributed by atoms with Crippen molar-refractivity contribution >= 4 is 17.3 Å². The van der Waals surface area contributed by atoms with Crippen molar-refractivity contribution in [2.24, 2.45) is 0 Å². The second kappa shape index (κ2) is 5.43. The first-order valence-corrected chi connectivity index (χ1v) is 5.17. The molecule has 4 N–H and O–H groups in total. The molecule has 16 heavy (non-hydrogen) atoms. The summed E-state index contributed by atoms with van der Waals surface area (Å²) in [5, 5.41) is 19.1. The van der Waals surface area contributed by atoms with Gasteiger partial charge in [-0.3, -0.25) is 0 Å². The summed E-state index contributed by atoms with van der Waals surface area (Å²) in [5.41, 5.74) is 4.83. The van der Waals surface area contributed by atoms with Crippen LogP contribution in [-0.4, -0.2) is 22.2 Å². The lowest BCUT2D eigenvalue weighted by atomic mass is 10.0. The second-order valence-electron chi connectivity index (χ2n) is 3.38. The summed E-state index contributed by atoms with van der Waals surface area (Å²) in [6.07, 6.45) is -2.67. The molecular weight excluding hydrogens is 240 g/mol. The predicted octanol–water partition coefficient (Wildman–Crippen LogP) is 1.57. The molecule has 2 atom stereocenters. The summed E-state index contributed by atoms with van der Waals surface area (Å²) in [7, 11) is 0. The Morgan fingerprint density at radius 1 is 1.31 bits per heavy atom. The fraction of sp³-hybridized carbons (Fsp3) is 0.400. The highest BCUT2D eigenvalue weighted by Gasteiger charge is 2.24. The van der Waals surface area contributed by atoms with E-state index in [2.05, 4.69) is 0 Å². The smallest absolute Gasteiger partial charge is 0.134 e. The van der Waals surface area contributed by atoms with Gasteiger partial charge in [-0.2, -0.15) is 0 Å². The van der Waals surface area contributed by atoms with E-state index in [1.807, 2.05) is 0 Å². The molecule has 2 unspecified atom stereocenters. The molecule has 0 aliphatic carbocycles. The molecule has 0 bridgehead atoms. The van der Waals surface area contributed by atoms with Crippen molar-refractivity contribution in [1.29, 1.82) is 0 Å². The Morgan fingerprint density at radius 2 is 1.94 bits per heavy atom. The first-order valence-electron chi connectivity index (χ1n) is 4.64. The average Bonchev–Trinajstić information content (AvgIpc) is 2.16. The first-order chi connectivity index (χ1) is 7.47. The maximum atomic E-state index is 13.3. The molecule has 1 aromatic rings. The van der Waals surface area contributed by atoms with Gasteiger partial charge in [-0.1, -0.05) is 0 Å². The average molecular weight is 252 g/mol. The monoisotopic (exact) mass is 251 g/mol. The highest BCUT2D eigenvalue weighted by Crippen LogP contribution is 2.28. The highest BCUT2D eigenvalue weighted by atomic mass is 35.5. The van der Waals surface area contributed by atoms with Crippen LogP contribution in [0.1, 0.15) is 18.1 Å². The van der Waals surface area contributed by atoms with Crippen LogP contribution in [0.25, 0.3) is 0 Å². The highest BCUT2D eigenvalue weighted by molar-refractivity contribution is 6.17. The SMILES string of the molecule is Nc1cc(F)cc(F)c1C(O)C(O)CCCl. The topological polar surface area (TPSA) is 66.5 Å². The maximum Gasteiger partial charge on any atom is 0.134 e. The Balaban J connectivity index is 3.03. The van der Waals surface area contributed by atoms with E-state index in [1.54, 1.807) is 0 Å². The zero-order chi connectivity index (χ0) is 12.3. The molecule has 0 spiro atoms. The second-order valence-corrected chi connectivity index (χ2v) is 3.76. The Kier molecular flexibility index (Phi) is 4.46. The quantitative estimate of drug-likeness (QED) is 0.562. The van der Waals surface area contributed by atoms with Gasteiger partial charge in [0.05, 0.1) is 6.10 Å². The Morgan fingerprint density at radius 3 is 2.44 bits per heavy atom. The number of hydrogen-bond donors (Lipinski definition) is 3. The number of rotatable bonds is 4. The number of aliphatic hydroxyl groups excluding tert-OH is 2. The number of nitrogen functional groups attached to an aromatic ring is 1. The molecule has 0 heterocycles. The molecule has 0 saturated carbocycles. The normalized spacial score (nSPS) is 14.8.